The Morgan fingerprint density at radius 3 is 2.54 bits per heavy atom. The van der Waals surface area contributed by atoms with Gasteiger partial charge in [0.25, 0.3) is 0 Å². The smallest absolute Gasteiger partial charge is 0.171 e. The largest absolute Gasteiger partial charge is 0.362 e. The molecule has 1 aromatic carbocycles. The monoisotopic (exact) mass is 339 g/mol. The highest BCUT2D eigenvalue weighted by Crippen LogP contribution is 2.38. The molecule has 0 aliphatic heterocycles. The highest BCUT2D eigenvalue weighted by Gasteiger charge is 2.33. The van der Waals surface area contributed by atoms with Gasteiger partial charge in [0, 0.05) is 18.2 Å². The summed E-state index contributed by atoms with van der Waals surface area (Å²) in [4.78, 5) is 4.35. The zero-order valence-corrected chi connectivity index (χ0v) is 15.0. The first-order valence-corrected chi connectivity index (χ1v) is 9.12. The summed E-state index contributed by atoms with van der Waals surface area (Å²) in [6, 6.07) is 14.8. The standard InChI is InChI=1S/C20H25N3S/c1-16-9-8-14-21-18(16)23-19(24)22-15-20(12-6-3-7-13-20)17-10-4-2-5-11-17/h2,4-5,8-11,14H,3,6-7,12-13,15H2,1H3,(H2,21,22,23,24). The van der Waals surface area contributed by atoms with Crippen molar-refractivity contribution >= 4 is 23.1 Å². The van der Waals surface area contributed by atoms with E-state index < -0.39 is 0 Å². The zero-order valence-electron chi connectivity index (χ0n) is 14.2. The van der Waals surface area contributed by atoms with Crippen molar-refractivity contribution in [3.05, 3.63) is 59.8 Å². The van der Waals surface area contributed by atoms with E-state index in [1.807, 2.05) is 19.1 Å². The Kier molecular flexibility index (Phi) is 5.46. The number of nitrogens with one attached hydrogen (secondary N) is 2. The van der Waals surface area contributed by atoms with Gasteiger partial charge in [0.15, 0.2) is 5.11 Å². The lowest BCUT2D eigenvalue weighted by molar-refractivity contribution is 0.292. The maximum absolute atomic E-state index is 5.50. The SMILES string of the molecule is Cc1cccnc1NC(=S)NCC1(c2ccccc2)CCCCC1. The lowest BCUT2D eigenvalue weighted by Gasteiger charge is -2.38. The number of hydrogen-bond donors (Lipinski definition) is 2. The predicted molar refractivity (Wildman–Crippen MR) is 104 cm³/mol. The zero-order chi connectivity index (χ0) is 16.8. The van der Waals surface area contributed by atoms with E-state index in [0.29, 0.717) is 5.11 Å². The summed E-state index contributed by atoms with van der Waals surface area (Å²) in [6.07, 6.45) is 8.13. The van der Waals surface area contributed by atoms with Crippen LogP contribution in [0.15, 0.2) is 48.7 Å². The topological polar surface area (TPSA) is 37.0 Å². The van der Waals surface area contributed by atoms with Crippen LogP contribution in [0.3, 0.4) is 0 Å². The molecule has 0 amide bonds. The third kappa shape index (κ3) is 3.93. The molecule has 3 nitrogen and oxygen atoms in total. The van der Waals surface area contributed by atoms with Gasteiger partial charge in [-0.1, -0.05) is 55.7 Å². The number of benzene rings is 1. The van der Waals surface area contributed by atoms with E-state index in [1.54, 1.807) is 6.20 Å². The van der Waals surface area contributed by atoms with Crippen molar-refractivity contribution in [1.29, 1.82) is 0 Å². The molecule has 2 N–H and O–H groups in total. The van der Waals surface area contributed by atoms with Gasteiger partial charge in [-0.2, -0.15) is 0 Å². The molecule has 0 atom stereocenters. The van der Waals surface area contributed by atoms with Gasteiger partial charge in [0.2, 0.25) is 0 Å². The molecule has 24 heavy (non-hydrogen) atoms. The lowest BCUT2D eigenvalue weighted by Crippen LogP contribution is -2.43. The average molecular weight is 340 g/mol. The maximum atomic E-state index is 5.50. The van der Waals surface area contributed by atoms with Gasteiger partial charge in [-0.15, -0.1) is 0 Å². The number of nitrogens with zero attached hydrogens (tertiary/aromatic N) is 1. The first-order chi connectivity index (χ1) is 11.7. The van der Waals surface area contributed by atoms with Crippen LogP contribution in [0.25, 0.3) is 0 Å². The molecule has 126 valence electrons. The van der Waals surface area contributed by atoms with Crippen molar-refractivity contribution in [2.75, 3.05) is 11.9 Å². The highest BCUT2D eigenvalue weighted by atomic mass is 32.1. The Hall–Kier alpha value is -1.94. The molecule has 1 aliphatic rings. The predicted octanol–water partition coefficient (Wildman–Crippen LogP) is 4.58. The van der Waals surface area contributed by atoms with Crippen molar-refractivity contribution < 1.29 is 0 Å². The quantitative estimate of drug-likeness (QED) is 0.800. The van der Waals surface area contributed by atoms with Crippen LogP contribution in [-0.4, -0.2) is 16.6 Å². The second-order valence-electron chi connectivity index (χ2n) is 6.68. The van der Waals surface area contributed by atoms with Gasteiger partial charge < -0.3 is 10.6 Å². The van der Waals surface area contributed by atoms with Crippen LogP contribution >= 0.6 is 12.2 Å². The first kappa shape index (κ1) is 16.9. The van der Waals surface area contributed by atoms with E-state index in [9.17, 15) is 0 Å². The number of aryl methyl sites for hydroxylation is 1. The van der Waals surface area contributed by atoms with E-state index in [-0.39, 0.29) is 5.41 Å². The molecule has 3 rings (SSSR count). The van der Waals surface area contributed by atoms with Crippen LogP contribution in [0.4, 0.5) is 5.82 Å². The molecular formula is C20H25N3S. The van der Waals surface area contributed by atoms with Crippen molar-refractivity contribution in [3.63, 3.8) is 0 Å². The summed E-state index contributed by atoms with van der Waals surface area (Å²) < 4.78 is 0. The van der Waals surface area contributed by atoms with Crippen LogP contribution in [0.1, 0.15) is 43.2 Å². The summed E-state index contributed by atoms with van der Waals surface area (Å²) in [5, 5.41) is 7.33. The number of aromatic nitrogens is 1. The normalized spacial score (nSPS) is 16.4. The lowest BCUT2D eigenvalue weighted by atomic mass is 9.69. The molecule has 0 bridgehead atoms. The molecule has 0 saturated heterocycles. The first-order valence-electron chi connectivity index (χ1n) is 8.72. The van der Waals surface area contributed by atoms with Crippen molar-refractivity contribution in [1.82, 2.24) is 10.3 Å². The van der Waals surface area contributed by atoms with Gasteiger partial charge in [-0.3, -0.25) is 0 Å². The van der Waals surface area contributed by atoms with Crippen LogP contribution in [0.2, 0.25) is 0 Å². The minimum Gasteiger partial charge on any atom is -0.362 e. The van der Waals surface area contributed by atoms with Crippen LogP contribution < -0.4 is 10.6 Å². The number of pyridine rings is 1. The van der Waals surface area contributed by atoms with Gasteiger partial charge >= 0.3 is 0 Å². The fourth-order valence-electron chi connectivity index (χ4n) is 3.61. The second kappa shape index (κ2) is 7.75. The molecule has 4 heteroatoms. The van der Waals surface area contributed by atoms with E-state index in [4.69, 9.17) is 12.2 Å². The van der Waals surface area contributed by atoms with Crippen LogP contribution in [0, 0.1) is 6.92 Å². The van der Waals surface area contributed by atoms with Crippen molar-refractivity contribution in [2.45, 2.75) is 44.4 Å². The minimum atomic E-state index is 0.185. The summed E-state index contributed by atoms with van der Waals surface area (Å²) in [7, 11) is 0. The molecule has 0 unspecified atom stereocenters. The summed E-state index contributed by atoms with van der Waals surface area (Å²) in [5.74, 6) is 0.826. The molecule has 1 fully saturated rings. The Morgan fingerprint density at radius 1 is 1.08 bits per heavy atom. The van der Waals surface area contributed by atoms with Gasteiger partial charge in [0.05, 0.1) is 0 Å². The van der Waals surface area contributed by atoms with Crippen molar-refractivity contribution in [2.24, 2.45) is 0 Å². The molecule has 0 spiro atoms. The van der Waals surface area contributed by atoms with Gasteiger partial charge in [-0.25, -0.2) is 4.98 Å². The molecule has 1 aromatic heterocycles. The molecule has 2 aromatic rings. The van der Waals surface area contributed by atoms with Gasteiger partial charge in [0.1, 0.15) is 5.82 Å². The van der Waals surface area contributed by atoms with E-state index >= 15 is 0 Å². The number of anilines is 1. The van der Waals surface area contributed by atoms with E-state index in [2.05, 4.69) is 45.9 Å². The molecule has 1 saturated carbocycles. The molecule has 1 aliphatic carbocycles. The second-order valence-corrected chi connectivity index (χ2v) is 7.09. The third-order valence-electron chi connectivity index (χ3n) is 5.03. The summed E-state index contributed by atoms with van der Waals surface area (Å²) in [6.45, 7) is 2.90. The summed E-state index contributed by atoms with van der Waals surface area (Å²) >= 11 is 5.50. The minimum absolute atomic E-state index is 0.185. The molecular weight excluding hydrogens is 314 g/mol. The summed E-state index contributed by atoms with van der Waals surface area (Å²) in [5.41, 5.74) is 2.70. The van der Waals surface area contributed by atoms with E-state index in [1.165, 1.54) is 37.7 Å². The van der Waals surface area contributed by atoms with Crippen molar-refractivity contribution in [3.8, 4) is 0 Å². The molecule has 1 heterocycles. The maximum Gasteiger partial charge on any atom is 0.171 e. The average Bonchev–Trinajstić information content (AvgIpc) is 2.63. The fourth-order valence-corrected chi connectivity index (χ4v) is 3.77. The van der Waals surface area contributed by atoms with Crippen LogP contribution in [-0.2, 0) is 5.41 Å². The Bertz CT molecular complexity index is 678. The number of rotatable bonds is 4. The number of thiocarbonyl (C=S) groups is 1. The Morgan fingerprint density at radius 2 is 1.83 bits per heavy atom. The Balaban J connectivity index is 1.68. The molecule has 0 radical (unpaired) electrons. The fraction of sp³-hybridized carbons (Fsp3) is 0.400. The van der Waals surface area contributed by atoms with Gasteiger partial charge in [-0.05, 0) is 49.2 Å². The number of hydrogen-bond acceptors (Lipinski definition) is 2. The highest BCUT2D eigenvalue weighted by molar-refractivity contribution is 7.80. The third-order valence-corrected chi connectivity index (χ3v) is 5.27. The Labute approximate surface area is 149 Å². The van der Waals surface area contributed by atoms with Crippen LogP contribution in [0.5, 0.6) is 0 Å². The van der Waals surface area contributed by atoms with E-state index in [0.717, 1.165) is 17.9 Å².